The number of amides is 3. The maximum Gasteiger partial charge on any atom is 0.258 e. The van der Waals surface area contributed by atoms with Gasteiger partial charge >= 0.3 is 0 Å². The molecule has 3 fully saturated rings. The Bertz CT molecular complexity index is 1070. The van der Waals surface area contributed by atoms with Crippen LogP contribution in [0.25, 0.3) is 0 Å². The molecular weight excluding hydrogens is 508 g/mol. The number of rotatable bonds is 3. The number of piperazine rings is 1. The van der Waals surface area contributed by atoms with Gasteiger partial charge in [-0.1, -0.05) is 45.7 Å². The molecule has 1 saturated carbocycles. The van der Waals surface area contributed by atoms with Crippen molar-refractivity contribution in [2.75, 3.05) is 32.8 Å². The highest BCUT2D eigenvalue weighted by Crippen LogP contribution is 2.29. The van der Waals surface area contributed by atoms with Crippen molar-refractivity contribution < 1.29 is 23.9 Å². The first-order chi connectivity index (χ1) is 19.2. The van der Waals surface area contributed by atoms with Crippen LogP contribution in [0.4, 0.5) is 0 Å². The van der Waals surface area contributed by atoms with Crippen molar-refractivity contribution in [3.8, 4) is 5.75 Å². The normalized spacial score (nSPS) is 29.0. The maximum absolute atomic E-state index is 13.9. The first kappa shape index (κ1) is 28.9. The fourth-order valence-electron chi connectivity index (χ4n) is 6.68. The molecule has 0 spiro atoms. The molecule has 0 radical (unpaired) electrons. The number of benzene rings is 1. The maximum atomic E-state index is 13.9. The van der Waals surface area contributed by atoms with E-state index >= 15 is 0 Å². The van der Waals surface area contributed by atoms with Crippen molar-refractivity contribution in [2.45, 2.75) is 102 Å². The molecule has 2 saturated heterocycles. The van der Waals surface area contributed by atoms with Crippen LogP contribution < -0.4 is 15.4 Å². The number of fused-ring (bicyclic) bond motifs is 4. The minimum absolute atomic E-state index is 0.00137. The monoisotopic (exact) mass is 554 g/mol. The molecule has 3 aliphatic heterocycles. The molecule has 0 aromatic heterocycles. The predicted molar refractivity (Wildman–Crippen MR) is 152 cm³/mol. The number of carbonyl (C=O) groups is 3. The van der Waals surface area contributed by atoms with Crippen molar-refractivity contribution in [3.63, 3.8) is 0 Å². The quantitative estimate of drug-likeness (QED) is 0.596. The zero-order valence-corrected chi connectivity index (χ0v) is 24.3. The highest BCUT2D eigenvalue weighted by atomic mass is 16.5. The van der Waals surface area contributed by atoms with Gasteiger partial charge in [0, 0.05) is 45.1 Å². The van der Waals surface area contributed by atoms with E-state index in [9.17, 15) is 14.4 Å². The molecule has 1 aromatic rings. The molecular formula is C31H46N4O5. The van der Waals surface area contributed by atoms with Gasteiger partial charge in [-0.2, -0.15) is 0 Å². The van der Waals surface area contributed by atoms with Crippen molar-refractivity contribution in [1.29, 1.82) is 0 Å². The van der Waals surface area contributed by atoms with Gasteiger partial charge in [-0.05, 0) is 43.2 Å². The van der Waals surface area contributed by atoms with E-state index in [-0.39, 0.29) is 47.9 Å². The van der Waals surface area contributed by atoms with Crippen LogP contribution in [0.15, 0.2) is 24.3 Å². The van der Waals surface area contributed by atoms with Crippen molar-refractivity contribution in [1.82, 2.24) is 20.4 Å². The lowest BCUT2D eigenvalue weighted by atomic mass is 9.91. The third-order valence-electron chi connectivity index (χ3n) is 8.76. The van der Waals surface area contributed by atoms with E-state index in [1.54, 1.807) is 11.0 Å². The second kappa shape index (κ2) is 12.5. The number of para-hydroxylation sites is 1. The summed E-state index contributed by atoms with van der Waals surface area (Å²) in [4.78, 5) is 44.6. The van der Waals surface area contributed by atoms with Crippen LogP contribution in [-0.4, -0.2) is 90.6 Å². The summed E-state index contributed by atoms with van der Waals surface area (Å²) in [5, 5.41) is 6.31. The second-order valence-electron chi connectivity index (χ2n) is 13.1. The Hall–Kier alpha value is -2.65. The summed E-state index contributed by atoms with van der Waals surface area (Å²) in [5.41, 5.74) is 0.380. The van der Waals surface area contributed by atoms with Crippen molar-refractivity contribution in [3.05, 3.63) is 29.8 Å². The molecule has 2 N–H and O–H groups in total. The van der Waals surface area contributed by atoms with Gasteiger partial charge in [0.25, 0.3) is 5.91 Å². The van der Waals surface area contributed by atoms with Crippen LogP contribution in [0.1, 0.15) is 82.5 Å². The Morgan fingerprint density at radius 1 is 1.05 bits per heavy atom. The molecule has 5 rings (SSSR count). The van der Waals surface area contributed by atoms with Gasteiger partial charge in [0.2, 0.25) is 11.8 Å². The smallest absolute Gasteiger partial charge is 0.258 e. The number of nitrogens with one attached hydrogen (secondary N) is 2. The van der Waals surface area contributed by atoms with Gasteiger partial charge in [-0.25, -0.2) is 0 Å². The number of ether oxygens (including phenoxy) is 2. The van der Waals surface area contributed by atoms with Crippen LogP contribution in [0, 0.1) is 5.41 Å². The Kier molecular flexibility index (Phi) is 9.00. The van der Waals surface area contributed by atoms with Crippen LogP contribution in [0.3, 0.4) is 0 Å². The first-order valence-electron chi connectivity index (χ1n) is 15.2. The van der Waals surface area contributed by atoms with Crippen LogP contribution in [0.5, 0.6) is 5.75 Å². The minimum atomic E-state index is -0.605. The number of hydrogen-bond acceptors (Lipinski definition) is 6. The molecule has 9 heteroatoms. The molecule has 9 nitrogen and oxygen atoms in total. The fraction of sp³-hybridized carbons (Fsp3) is 0.710. The third-order valence-corrected chi connectivity index (χ3v) is 8.76. The van der Waals surface area contributed by atoms with Gasteiger partial charge in [0.05, 0.1) is 30.4 Å². The SMILES string of the molecule is CC(C)(C)CC(=O)N[C@@H]1CC[C@H]2CCOc3ccccc3C(=O)N3CCN(C4CCCC4)C[C@H]3C(=O)NC[C@H]1O2. The third kappa shape index (κ3) is 6.97. The number of hydrogen-bond donors (Lipinski definition) is 2. The summed E-state index contributed by atoms with van der Waals surface area (Å²) in [6, 6.07) is 7.02. The van der Waals surface area contributed by atoms with Gasteiger partial charge in [0.15, 0.2) is 0 Å². The van der Waals surface area contributed by atoms with E-state index in [0.29, 0.717) is 49.9 Å². The van der Waals surface area contributed by atoms with E-state index in [2.05, 4.69) is 15.5 Å². The molecule has 4 aliphatic rings. The summed E-state index contributed by atoms with van der Waals surface area (Å²) in [5.74, 6) is 0.211. The zero-order valence-electron chi connectivity index (χ0n) is 24.3. The van der Waals surface area contributed by atoms with E-state index in [1.165, 1.54) is 12.8 Å². The minimum Gasteiger partial charge on any atom is -0.493 e. The summed E-state index contributed by atoms with van der Waals surface area (Å²) < 4.78 is 12.6. The summed E-state index contributed by atoms with van der Waals surface area (Å²) in [7, 11) is 0. The Labute approximate surface area is 238 Å². The lowest BCUT2D eigenvalue weighted by molar-refractivity contribution is -0.132. The van der Waals surface area contributed by atoms with Gasteiger partial charge in [0.1, 0.15) is 11.8 Å². The van der Waals surface area contributed by atoms with Crippen LogP contribution in [0.2, 0.25) is 0 Å². The van der Waals surface area contributed by atoms with Gasteiger partial charge < -0.3 is 25.0 Å². The molecule has 0 unspecified atom stereocenters. The van der Waals surface area contributed by atoms with Crippen LogP contribution in [-0.2, 0) is 14.3 Å². The first-order valence-corrected chi connectivity index (χ1v) is 15.2. The molecule has 4 atom stereocenters. The van der Waals surface area contributed by atoms with E-state index in [0.717, 1.165) is 32.2 Å². The predicted octanol–water partition coefficient (Wildman–Crippen LogP) is 3.12. The summed E-state index contributed by atoms with van der Waals surface area (Å²) in [6.07, 6.45) is 6.99. The highest BCUT2D eigenvalue weighted by Gasteiger charge is 2.40. The average molecular weight is 555 g/mol. The molecule has 2 bridgehead atoms. The molecule has 3 heterocycles. The zero-order chi connectivity index (χ0) is 28.3. The Morgan fingerprint density at radius 2 is 1.82 bits per heavy atom. The Morgan fingerprint density at radius 3 is 2.60 bits per heavy atom. The average Bonchev–Trinajstić information content (AvgIpc) is 3.46. The summed E-state index contributed by atoms with van der Waals surface area (Å²) >= 11 is 0. The van der Waals surface area contributed by atoms with Gasteiger partial charge in [-0.15, -0.1) is 0 Å². The molecule has 1 aliphatic carbocycles. The van der Waals surface area contributed by atoms with E-state index in [1.807, 2.05) is 39.0 Å². The van der Waals surface area contributed by atoms with E-state index < -0.39 is 6.04 Å². The second-order valence-corrected chi connectivity index (χ2v) is 13.1. The molecule has 3 amide bonds. The van der Waals surface area contributed by atoms with E-state index in [4.69, 9.17) is 9.47 Å². The molecule has 40 heavy (non-hydrogen) atoms. The molecule has 1 aromatic carbocycles. The van der Waals surface area contributed by atoms with Crippen LogP contribution >= 0.6 is 0 Å². The fourth-order valence-corrected chi connectivity index (χ4v) is 6.68. The topological polar surface area (TPSA) is 100 Å². The Balaban J connectivity index is 1.38. The summed E-state index contributed by atoms with van der Waals surface area (Å²) in [6.45, 7) is 8.63. The molecule has 220 valence electrons. The standard InChI is InChI=1S/C31H46N4O5/c1-31(2,3)18-28(36)33-24-13-12-22-14-17-39-26-11-7-6-10-23(26)30(38)35-16-15-34(21-8-4-5-9-21)20-25(35)29(37)32-19-27(24)40-22/h6-7,10-11,21-22,24-25,27H,4-5,8-9,12-20H2,1-3H3,(H,32,37)(H,33,36)/t22-,24+,25-,27+/m0/s1. The van der Waals surface area contributed by atoms with Gasteiger partial charge in [-0.3, -0.25) is 19.3 Å². The lowest BCUT2D eigenvalue weighted by Gasteiger charge is -2.43. The number of nitrogens with zero attached hydrogens (tertiary/aromatic N) is 2. The number of carbonyl (C=O) groups excluding carboxylic acids is 3. The van der Waals surface area contributed by atoms with Crippen molar-refractivity contribution in [2.24, 2.45) is 5.41 Å². The lowest BCUT2D eigenvalue weighted by Crippen LogP contribution is -2.63. The van der Waals surface area contributed by atoms with Crippen molar-refractivity contribution >= 4 is 17.7 Å². The largest absolute Gasteiger partial charge is 0.493 e. The highest BCUT2D eigenvalue weighted by molar-refractivity contribution is 6.00.